The molecule has 1 N–H and O–H groups in total. The monoisotopic (exact) mass is 263 g/mol. The van der Waals surface area contributed by atoms with Crippen molar-refractivity contribution < 1.29 is 9.53 Å². The predicted octanol–water partition coefficient (Wildman–Crippen LogP) is 2.94. The molecule has 1 saturated heterocycles. The molecular formula is C16H25NO2. The van der Waals surface area contributed by atoms with Crippen molar-refractivity contribution in [1.29, 1.82) is 0 Å². The first kappa shape index (κ1) is 15.7. The van der Waals surface area contributed by atoms with E-state index in [2.05, 4.69) is 29.1 Å². The van der Waals surface area contributed by atoms with Crippen molar-refractivity contribution in [2.75, 3.05) is 13.2 Å². The number of carbonyl (C=O) groups is 1. The van der Waals surface area contributed by atoms with Gasteiger partial charge in [0.25, 0.3) is 6.47 Å². The number of aryl methyl sites for hydroxylation is 1. The molecule has 0 saturated carbocycles. The maximum atomic E-state index is 9.79. The number of hydrogen-bond acceptors (Lipinski definition) is 3. The van der Waals surface area contributed by atoms with E-state index in [0.29, 0.717) is 13.1 Å². The summed E-state index contributed by atoms with van der Waals surface area (Å²) in [5.41, 5.74) is 1.28. The van der Waals surface area contributed by atoms with Gasteiger partial charge in [0.1, 0.15) is 0 Å². The number of rotatable bonds is 5. The molecule has 0 radical (unpaired) electrons. The molecule has 1 aliphatic rings. The molecule has 1 unspecified atom stereocenters. The number of carbonyl (C=O) groups excluding carboxylic acids is 1. The number of ether oxygens (including phenoxy) is 1. The van der Waals surface area contributed by atoms with Gasteiger partial charge in [-0.3, -0.25) is 4.79 Å². The molecule has 106 valence electrons. The molecule has 3 heteroatoms. The Kier molecular flexibility index (Phi) is 8.73. The third-order valence-electron chi connectivity index (χ3n) is 3.20. The Balaban J connectivity index is 0.000000218. The molecule has 1 heterocycles. The van der Waals surface area contributed by atoms with E-state index >= 15 is 0 Å². The highest BCUT2D eigenvalue weighted by Gasteiger charge is 2.04. The summed E-state index contributed by atoms with van der Waals surface area (Å²) >= 11 is 0. The van der Waals surface area contributed by atoms with Crippen LogP contribution in [0.25, 0.3) is 0 Å². The van der Waals surface area contributed by atoms with Crippen LogP contribution in [0.15, 0.2) is 30.3 Å². The summed E-state index contributed by atoms with van der Waals surface area (Å²) in [7, 11) is 0. The fourth-order valence-electron chi connectivity index (χ4n) is 2.08. The fraction of sp³-hybridized carbons (Fsp3) is 0.562. The minimum atomic E-state index is 0.491. The van der Waals surface area contributed by atoms with Crippen molar-refractivity contribution in [3.63, 3.8) is 0 Å². The first-order chi connectivity index (χ1) is 9.33. The van der Waals surface area contributed by atoms with Gasteiger partial charge >= 0.3 is 0 Å². The average molecular weight is 263 g/mol. The Bertz CT molecular complexity index is 321. The summed E-state index contributed by atoms with van der Waals surface area (Å²) < 4.78 is 4.57. The molecule has 0 aliphatic carbocycles. The van der Waals surface area contributed by atoms with E-state index in [1.807, 2.05) is 18.2 Å². The van der Waals surface area contributed by atoms with Crippen LogP contribution in [0.5, 0.6) is 0 Å². The van der Waals surface area contributed by atoms with Crippen LogP contribution >= 0.6 is 0 Å². The van der Waals surface area contributed by atoms with E-state index in [4.69, 9.17) is 0 Å². The van der Waals surface area contributed by atoms with Crippen LogP contribution in [0.4, 0.5) is 0 Å². The Morgan fingerprint density at radius 1 is 1.32 bits per heavy atom. The summed E-state index contributed by atoms with van der Waals surface area (Å²) in [4.78, 5) is 9.79. The van der Waals surface area contributed by atoms with Crippen LogP contribution in [0, 0.1) is 0 Å². The molecule has 0 spiro atoms. The van der Waals surface area contributed by atoms with Gasteiger partial charge in [-0.15, -0.1) is 0 Å². The summed E-state index contributed by atoms with van der Waals surface area (Å²) in [5.74, 6) is 0. The highest BCUT2D eigenvalue weighted by molar-refractivity contribution is 5.36. The third-order valence-corrected chi connectivity index (χ3v) is 3.20. The molecule has 1 aromatic rings. The summed E-state index contributed by atoms with van der Waals surface area (Å²) in [5, 5.41) is 3.38. The maximum Gasteiger partial charge on any atom is 0.293 e. The minimum Gasteiger partial charge on any atom is -0.468 e. The molecule has 1 atom stereocenters. The zero-order valence-electron chi connectivity index (χ0n) is 11.8. The van der Waals surface area contributed by atoms with Crippen LogP contribution in [-0.4, -0.2) is 25.7 Å². The van der Waals surface area contributed by atoms with Crippen molar-refractivity contribution in [1.82, 2.24) is 5.32 Å². The Labute approximate surface area is 116 Å². The highest BCUT2D eigenvalue weighted by Crippen LogP contribution is 2.04. The standard InChI is InChI=1S/C10H12O2.C6H13N/c11-9-12-8-4-7-10-5-2-1-3-6-10;1-6-4-2-3-5-7-6/h1-3,5-6,9H,4,7-8H2;6-7H,2-5H2,1H3. The van der Waals surface area contributed by atoms with Crippen molar-refractivity contribution in [2.45, 2.75) is 45.1 Å². The topological polar surface area (TPSA) is 38.3 Å². The quantitative estimate of drug-likeness (QED) is 0.655. The Morgan fingerprint density at radius 3 is 2.63 bits per heavy atom. The van der Waals surface area contributed by atoms with Gasteiger partial charge in [0, 0.05) is 6.04 Å². The molecule has 0 bridgehead atoms. The molecule has 0 amide bonds. The second-order valence-corrected chi connectivity index (χ2v) is 4.91. The SMILES string of the molecule is CC1CCCCN1.O=COCCCc1ccccc1. The van der Waals surface area contributed by atoms with Crippen LogP contribution < -0.4 is 5.32 Å². The van der Waals surface area contributed by atoms with Crippen molar-refractivity contribution in [3.05, 3.63) is 35.9 Å². The first-order valence-corrected chi connectivity index (χ1v) is 7.15. The first-order valence-electron chi connectivity index (χ1n) is 7.15. The van der Waals surface area contributed by atoms with Crippen LogP contribution in [0.3, 0.4) is 0 Å². The zero-order valence-corrected chi connectivity index (χ0v) is 11.8. The van der Waals surface area contributed by atoms with Crippen molar-refractivity contribution in [3.8, 4) is 0 Å². The average Bonchev–Trinajstić information content (AvgIpc) is 2.46. The molecule has 1 fully saturated rings. The molecule has 1 aromatic carbocycles. The number of benzene rings is 1. The van der Waals surface area contributed by atoms with Crippen LogP contribution in [0.1, 0.15) is 38.2 Å². The van der Waals surface area contributed by atoms with E-state index in [1.54, 1.807) is 0 Å². The maximum absolute atomic E-state index is 9.79. The third kappa shape index (κ3) is 8.38. The van der Waals surface area contributed by atoms with Crippen molar-refractivity contribution >= 4 is 6.47 Å². The van der Waals surface area contributed by atoms with Gasteiger partial charge in [-0.2, -0.15) is 0 Å². The van der Waals surface area contributed by atoms with Gasteiger partial charge in [0.05, 0.1) is 6.61 Å². The van der Waals surface area contributed by atoms with E-state index in [0.717, 1.165) is 18.9 Å². The Morgan fingerprint density at radius 2 is 2.11 bits per heavy atom. The lowest BCUT2D eigenvalue weighted by Gasteiger charge is -2.18. The van der Waals surface area contributed by atoms with Gasteiger partial charge in [-0.1, -0.05) is 36.8 Å². The lowest BCUT2D eigenvalue weighted by atomic mass is 10.1. The van der Waals surface area contributed by atoms with E-state index in [9.17, 15) is 4.79 Å². The number of piperidine rings is 1. The lowest BCUT2D eigenvalue weighted by Crippen LogP contribution is -2.30. The molecule has 1 aliphatic heterocycles. The summed E-state index contributed by atoms with van der Waals surface area (Å²) in [6.07, 6.45) is 6.04. The molecule has 3 nitrogen and oxygen atoms in total. The normalized spacial score (nSPS) is 18.1. The molecule has 0 aromatic heterocycles. The Hall–Kier alpha value is -1.35. The summed E-state index contributed by atoms with van der Waals surface area (Å²) in [6.45, 7) is 4.49. The van der Waals surface area contributed by atoms with Gasteiger partial charge < -0.3 is 10.1 Å². The zero-order chi connectivity index (χ0) is 13.8. The van der Waals surface area contributed by atoms with Gasteiger partial charge in [0.2, 0.25) is 0 Å². The molecular weight excluding hydrogens is 238 g/mol. The second kappa shape index (κ2) is 10.6. The van der Waals surface area contributed by atoms with Gasteiger partial charge in [-0.05, 0) is 44.7 Å². The number of hydrogen-bond donors (Lipinski definition) is 1. The van der Waals surface area contributed by atoms with Crippen LogP contribution in [0.2, 0.25) is 0 Å². The van der Waals surface area contributed by atoms with E-state index < -0.39 is 0 Å². The minimum absolute atomic E-state index is 0.491. The lowest BCUT2D eigenvalue weighted by molar-refractivity contribution is -0.128. The molecule has 19 heavy (non-hydrogen) atoms. The van der Waals surface area contributed by atoms with Crippen LogP contribution in [-0.2, 0) is 16.0 Å². The summed E-state index contributed by atoms with van der Waals surface area (Å²) in [6, 6.07) is 10.9. The van der Waals surface area contributed by atoms with E-state index in [1.165, 1.54) is 31.4 Å². The van der Waals surface area contributed by atoms with Gasteiger partial charge in [0.15, 0.2) is 0 Å². The van der Waals surface area contributed by atoms with Gasteiger partial charge in [-0.25, -0.2) is 0 Å². The largest absolute Gasteiger partial charge is 0.468 e. The van der Waals surface area contributed by atoms with E-state index in [-0.39, 0.29) is 0 Å². The smallest absolute Gasteiger partial charge is 0.293 e. The van der Waals surface area contributed by atoms with Crippen molar-refractivity contribution in [2.24, 2.45) is 0 Å². The predicted molar refractivity (Wildman–Crippen MR) is 78.1 cm³/mol. The number of nitrogens with one attached hydrogen (secondary N) is 1. The fourth-order valence-corrected chi connectivity index (χ4v) is 2.08. The highest BCUT2D eigenvalue weighted by atomic mass is 16.5. The second-order valence-electron chi connectivity index (χ2n) is 4.91. The molecule has 2 rings (SSSR count).